The highest BCUT2D eigenvalue weighted by Crippen LogP contribution is 2.30. The monoisotopic (exact) mass is 206 g/mol. The second-order valence-electron chi connectivity index (χ2n) is 2.83. The van der Waals surface area contributed by atoms with Crippen molar-refractivity contribution in [2.45, 2.75) is 0 Å². The van der Waals surface area contributed by atoms with Crippen LogP contribution in [0.25, 0.3) is 11.3 Å². The number of nitro benzene ring substituents is 1. The van der Waals surface area contributed by atoms with Crippen LogP contribution in [0.4, 0.5) is 5.69 Å². The molecule has 76 valence electrons. The summed E-state index contributed by atoms with van der Waals surface area (Å²) in [7, 11) is 0. The normalized spacial score (nSPS) is 10.1. The van der Waals surface area contributed by atoms with Crippen molar-refractivity contribution in [3.63, 3.8) is 0 Å². The van der Waals surface area contributed by atoms with Crippen molar-refractivity contribution < 1.29 is 14.4 Å². The van der Waals surface area contributed by atoms with Gasteiger partial charge in [-0.25, -0.2) is 4.98 Å². The Bertz CT molecular complexity index is 493. The molecule has 0 radical (unpaired) electrons. The standard InChI is InChI=1S/C9H6N2O4/c12-8-3-6(9-4-10-5-15-9)1-2-7(8)11(13)14/h1-5,12H. The maximum atomic E-state index is 10.4. The molecule has 1 aromatic carbocycles. The van der Waals surface area contributed by atoms with Crippen LogP contribution in [0, 0.1) is 10.1 Å². The first-order valence-electron chi connectivity index (χ1n) is 4.05. The molecule has 0 aliphatic rings. The SMILES string of the molecule is O=[N+]([O-])c1ccc(-c2cnco2)cc1O. The van der Waals surface area contributed by atoms with Gasteiger partial charge in [0.1, 0.15) is 0 Å². The average Bonchev–Trinajstić information content (AvgIpc) is 2.69. The maximum absolute atomic E-state index is 10.4. The summed E-state index contributed by atoms with van der Waals surface area (Å²) in [6, 6.07) is 3.96. The number of phenolic OH excluding ortho intramolecular Hbond substituents is 1. The van der Waals surface area contributed by atoms with Crippen molar-refractivity contribution in [1.82, 2.24) is 4.98 Å². The largest absolute Gasteiger partial charge is 0.502 e. The fourth-order valence-corrected chi connectivity index (χ4v) is 1.19. The second kappa shape index (κ2) is 3.41. The molecule has 6 nitrogen and oxygen atoms in total. The molecule has 0 saturated carbocycles. The van der Waals surface area contributed by atoms with E-state index in [2.05, 4.69) is 4.98 Å². The molecule has 6 heteroatoms. The van der Waals surface area contributed by atoms with Crippen LogP contribution in [-0.4, -0.2) is 15.0 Å². The fraction of sp³-hybridized carbons (Fsp3) is 0. The number of benzene rings is 1. The van der Waals surface area contributed by atoms with Gasteiger partial charge in [-0.05, 0) is 12.1 Å². The predicted molar refractivity (Wildman–Crippen MR) is 50.3 cm³/mol. The van der Waals surface area contributed by atoms with Crippen LogP contribution in [0.2, 0.25) is 0 Å². The Kier molecular flexibility index (Phi) is 2.09. The minimum atomic E-state index is -0.653. The number of phenols is 1. The van der Waals surface area contributed by atoms with Gasteiger partial charge >= 0.3 is 5.69 Å². The van der Waals surface area contributed by atoms with E-state index in [1.165, 1.54) is 30.8 Å². The molecular formula is C9H6N2O4. The van der Waals surface area contributed by atoms with Gasteiger partial charge in [0, 0.05) is 11.6 Å². The second-order valence-corrected chi connectivity index (χ2v) is 2.83. The maximum Gasteiger partial charge on any atom is 0.310 e. The molecule has 1 N–H and O–H groups in total. The number of hydrogen-bond acceptors (Lipinski definition) is 5. The highest BCUT2D eigenvalue weighted by atomic mass is 16.6. The predicted octanol–water partition coefficient (Wildman–Crippen LogP) is 1.96. The molecule has 0 unspecified atom stereocenters. The lowest BCUT2D eigenvalue weighted by Gasteiger charge is -1.98. The number of rotatable bonds is 2. The Morgan fingerprint density at radius 1 is 1.47 bits per heavy atom. The van der Waals surface area contributed by atoms with Crippen LogP contribution in [-0.2, 0) is 0 Å². The van der Waals surface area contributed by atoms with Gasteiger partial charge in [-0.3, -0.25) is 10.1 Å². The number of nitrogens with zero attached hydrogens (tertiary/aromatic N) is 2. The lowest BCUT2D eigenvalue weighted by molar-refractivity contribution is -0.385. The Morgan fingerprint density at radius 2 is 2.27 bits per heavy atom. The first-order chi connectivity index (χ1) is 7.18. The van der Waals surface area contributed by atoms with Crippen LogP contribution in [0.5, 0.6) is 5.75 Å². The molecule has 0 spiro atoms. The quantitative estimate of drug-likeness (QED) is 0.599. The first kappa shape index (κ1) is 9.20. The van der Waals surface area contributed by atoms with Crippen molar-refractivity contribution in [2.75, 3.05) is 0 Å². The van der Waals surface area contributed by atoms with Gasteiger partial charge in [-0.2, -0.15) is 0 Å². The first-order valence-corrected chi connectivity index (χ1v) is 4.05. The third kappa shape index (κ3) is 1.64. The molecular weight excluding hydrogens is 200 g/mol. The van der Waals surface area contributed by atoms with Crippen LogP contribution in [0.3, 0.4) is 0 Å². The summed E-state index contributed by atoms with van der Waals surface area (Å²) in [6.45, 7) is 0. The van der Waals surface area contributed by atoms with Crippen molar-refractivity contribution in [3.05, 3.63) is 40.9 Å². The summed E-state index contributed by atoms with van der Waals surface area (Å²) in [5, 5.41) is 19.8. The van der Waals surface area contributed by atoms with Crippen LogP contribution in [0.1, 0.15) is 0 Å². The van der Waals surface area contributed by atoms with E-state index in [1.807, 2.05) is 0 Å². The zero-order valence-electron chi connectivity index (χ0n) is 7.45. The number of aromatic nitrogens is 1. The minimum Gasteiger partial charge on any atom is -0.502 e. The smallest absolute Gasteiger partial charge is 0.310 e. The van der Waals surface area contributed by atoms with Gasteiger partial charge in [0.05, 0.1) is 11.1 Å². The summed E-state index contributed by atoms with van der Waals surface area (Å²) >= 11 is 0. The Labute approximate surface area is 83.9 Å². The Morgan fingerprint density at radius 3 is 2.80 bits per heavy atom. The lowest BCUT2D eigenvalue weighted by atomic mass is 10.1. The number of nitro groups is 1. The summed E-state index contributed by atoms with van der Waals surface area (Å²) in [5.74, 6) is 0.0501. The average molecular weight is 206 g/mol. The van der Waals surface area contributed by atoms with Crippen LogP contribution < -0.4 is 0 Å². The highest BCUT2D eigenvalue weighted by Gasteiger charge is 2.14. The molecule has 0 aliphatic heterocycles. The van der Waals surface area contributed by atoms with Crippen molar-refractivity contribution in [3.8, 4) is 17.1 Å². The molecule has 1 aromatic heterocycles. The van der Waals surface area contributed by atoms with E-state index in [-0.39, 0.29) is 5.69 Å². The molecule has 2 rings (SSSR count). The van der Waals surface area contributed by atoms with E-state index in [4.69, 9.17) is 4.42 Å². The van der Waals surface area contributed by atoms with E-state index >= 15 is 0 Å². The fourth-order valence-electron chi connectivity index (χ4n) is 1.19. The molecule has 1 heterocycles. The zero-order chi connectivity index (χ0) is 10.8. The lowest BCUT2D eigenvalue weighted by Crippen LogP contribution is -1.88. The molecule has 0 bridgehead atoms. The molecule has 0 saturated heterocycles. The summed E-state index contributed by atoms with van der Waals surface area (Å²) in [5.41, 5.74) is 0.203. The van der Waals surface area contributed by atoms with Crippen LogP contribution in [0.15, 0.2) is 35.2 Å². The summed E-state index contributed by atoms with van der Waals surface area (Å²) < 4.78 is 4.98. The Balaban J connectivity index is 2.47. The van der Waals surface area contributed by atoms with Gasteiger partial charge < -0.3 is 9.52 Å². The van der Waals surface area contributed by atoms with E-state index in [9.17, 15) is 15.2 Å². The zero-order valence-corrected chi connectivity index (χ0v) is 7.45. The molecule has 0 fully saturated rings. The minimum absolute atomic E-state index is 0.335. The van der Waals surface area contributed by atoms with Gasteiger partial charge in [0.25, 0.3) is 0 Å². The van der Waals surface area contributed by atoms with Gasteiger partial charge in [0.15, 0.2) is 17.9 Å². The third-order valence-corrected chi connectivity index (χ3v) is 1.89. The third-order valence-electron chi connectivity index (χ3n) is 1.89. The van der Waals surface area contributed by atoms with E-state index in [0.29, 0.717) is 11.3 Å². The van der Waals surface area contributed by atoms with Crippen LogP contribution >= 0.6 is 0 Å². The van der Waals surface area contributed by atoms with Crippen molar-refractivity contribution in [1.29, 1.82) is 0 Å². The molecule has 15 heavy (non-hydrogen) atoms. The Hall–Kier alpha value is -2.37. The van der Waals surface area contributed by atoms with Gasteiger partial charge in [-0.1, -0.05) is 0 Å². The van der Waals surface area contributed by atoms with E-state index < -0.39 is 10.7 Å². The summed E-state index contributed by atoms with van der Waals surface area (Å²) in [4.78, 5) is 13.5. The van der Waals surface area contributed by atoms with E-state index in [0.717, 1.165) is 0 Å². The van der Waals surface area contributed by atoms with Crippen molar-refractivity contribution in [2.24, 2.45) is 0 Å². The van der Waals surface area contributed by atoms with Gasteiger partial charge in [-0.15, -0.1) is 0 Å². The molecule has 2 aromatic rings. The van der Waals surface area contributed by atoms with Gasteiger partial charge in [0.2, 0.25) is 0 Å². The topological polar surface area (TPSA) is 89.4 Å². The number of hydrogen-bond donors (Lipinski definition) is 1. The van der Waals surface area contributed by atoms with E-state index in [1.54, 1.807) is 0 Å². The highest BCUT2D eigenvalue weighted by molar-refractivity contribution is 5.63. The molecule has 0 aliphatic carbocycles. The summed E-state index contributed by atoms with van der Waals surface area (Å²) in [6.07, 6.45) is 2.70. The number of oxazole rings is 1. The molecule has 0 amide bonds. The number of aromatic hydroxyl groups is 1. The van der Waals surface area contributed by atoms with Crippen molar-refractivity contribution >= 4 is 5.69 Å². The molecule has 0 atom stereocenters.